The number of nitro benzene ring substituents is 1. The van der Waals surface area contributed by atoms with Crippen molar-refractivity contribution >= 4 is 62.5 Å². The molecule has 0 atom stereocenters. The van der Waals surface area contributed by atoms with Crippen molar-refractivity contribution < 1.29 is 14.1 Å². The highest BCUT2D eigenvalue weighted by Crippen LogP contribution is 2.31. The summed E-state index contributed by atoms with van der Waals surface area (Å²) in [6, 6.07) is 18.2. The molecule has 0 aliphatic heterocycles. The van der Waals surface area contributed by atoms with Crippen molar-refractivity contribution in [1.29, 1.82) is 5.26 Å². The molecule has 0 spiro atoms. The van der Waals surface area contributed by atoms with E-state index in [0.717, 1.165) is 12.7 Å². The van der Waals surface area contributed by atoms with Crippen LogP contribution in [0, 0.1) is 34.4 Å². The second-order valence-corrected chi connectivity index (χ2v) is 8.50. The van der Waals surface area contributed by atoms with E-state index in [1.165, 1.54) is 18.2 Å². The van der Waals surface area contributed by atoms with Gasteiger partial charge in [-0.1, -0.05) is 30.3 Å². The highest BCUT2D eigenvalue weighted by molar-refractivity contribution is 14.1. The molecule has 150 valence electrons. The zero-order chi connectivity index (χ0) is 21.7. The number of halogens is 3. The Morgan fingerprint density at radius 3 is 2.47 bits per heavy atom. The maximum atomic E-state index is 13.8. The summed E-state index contributed by atoms with van der Waals surface area (Å²) >= 11 is 4.25. The number of benzene rings is 3. The van der Waals surface area contributed by atoms with Crippen LogP contribution in [0.25, 0.3) is 11.6 Å². The predicted octanol–water partition coefficient (Wildman–Crippen LogP) is 6.59. The van der Waals surface area contributed by atoms with Crippen molar-refractivity contribution in [3.05, 3.63) is 100 Å². The molecule has 0 amide bonds. The number of ether oxygens (including phenoxy) is 1. The Balaban J connectivity index is 1.88. The minimum atomic E-state index is -0.494. The van der Waals surface area contributed by atoms with Crippen LogP contribution in [0.2, 0.25) is 0 Å². The summed E-state index contributed by atoms with van der Waals surface area (Å²) < 4.78 is 21.3. The Labute approximate surface area is 199 Å². The third-order valence-electron chi connectivity index (χ3n) is 4.15. The van der Waals surface area contributed by atoms with E-state index in [-0.39, 0.29) is 18.1 Å². The Morgan fingerprint density at radius 1 is 1.13 bits per heavy atom. The van der Waals surface area contributed by atoms with Gasteiger partial charge in [-0.05, 0) is 80.6 Å². The average molecular weight is 626 g/mol. The van der Waals surface area contributed by atoms with Gasteiger partial charge in [0, 0.05) is 17.7 Å². The number of rotatable bonds is 6. The summed E-state index contributed by atoms with van der Waals surface area (Å²) in [6.45, 7) is 0.102. The van der Waals surface area contributed by atoms with E-state index < -0.39 is 4.92 Å². The lowest BCUT2D eigenvalue weighted by atomic mass is 10.0. The van der Waals surface area contributed by atoms with Gasteiger partial charge in [0.15, 0.2) is 0 Å². The molecule has 3 aromatic carbocycles. The molecule has 3 rings (SSSR count). The van der Waals surface area contributed by atoms with Gasteiger partial charge in [0.25, 0.3) is 5.69 Å². The summed E-state index contributed by atoms with van der Waals surface area (Å²) in [5.74, 6) is 0.308. The second-order valence-electron chi connectivity index (χ2n) is 6.17. The molecule has 0 radical (unpaired) electrons. The standard InChI is InChI=1S/C22H13FI2N2O3/c23-19-7-2-1-4-16(19)13-30-22-20(24)9-14(10-21(22)25)8-17(12-26)15-5-3-6-18(11-15)27(28)29/h1-11H,13H2/b17-8-. The maximum absolute atomic E-state index is 13.8. The first-order chi connectivity index (χ1) is 14.4. The molecule has 0 aromatic heterocycles. The van der Waals surface area contributed by atoms with Crippen LogP contribution in [0.3, 0.4) is 0 Å². The van der Waals surface area contributed by atoms with E-state index in [4.69, 9.17) is 4.74 Å². The van der Waals surface area contributed by atoms with E-state index in [0.29, 0.717) is 22.4 Å². The number of allylic oxidation sites excluding steroid dienone is 1. The molecule has 30 heavy (non-hydrogen) atoms. The lowest BCUT2D eigenvalue weighted by Gasteiger charge is -2.12. The Morgan fingerprint density at radius 2 is 1.83 bits per heavy atom. The lowest BCUT2D eigenvalue weighted by molar-refractivity contribution is -0.384. The number of nitrogens with zero attached hydrogens (tertiary/aromatic N) is 2. The van der Waals surface area contributed by atoms with Gasteiger partial charge < -0.3 is 4.74 Å². The largest absolute Gasteiger partial charge is 0.487 e. The maximum Gasteiger partial charge on any atom is 0.270 e. The van der Waals surface area contributed by atoms with E-state index >= 15 is 0 Å². The first kappa shape index (κ1) is 22.2. The summed E-state index contributed by atoms with van der Waals surface area (Å²) in [7, 11) is 0. The minimum Gasteiger partial charge on any atom is -0.487 e. The Bertz CT molecular complexity index is 1170. The van der Waals surface area contributed by atoms with Crippen LogP contribution in [0.5, 0.6) is 5.75 Å². The summed E-state index contributed by atoms with van der Waals surface area (Å²) in [5.41, 5.74) is 1.92. The van der Waals surface area contributed by atoms with Crippen LogP contribution in [0.15, 0.2) is 60.7 Å². The van der Waals surface area contributed by atoms with Gasteiger partial charge in [-0.25, -0.2) is 4.39 Å². The normalized spacial score (nSPS) is 11.1. The van der Waals surface area contributed by atoms with Gasteiger partial charge in [-0.3, -0.25) is 10.1 Å². The van der Waals surface area contributed by atoms with E-state index in [2.05, 4.69) is 51.3 Å². The quantitative estimate of drug-likeness (QED) is 0.102. The fourth-order valence-corrected chi connectivity index (χ4v) is 4.83. The molecule has 0 unspecified atom stereocenters. The number of hydrogen-bond donors (Lipinski definition) is 0. The molecule has 8 heteroatoms. The topological polar surface area (TPSA) is 76.2 Å². The van der Waals surface area contributed by atoms with E-state index in [1.54, 1.807) is 36.4 Å². The number of nitro groups is 1. The van der Waals surface area contributed by atoms with Gasteiger partial charge in [-0.15, -0.1) is 0 Å². The molecule has 0 aliphatic carbocycles. The number of nitriles is 1. The fourth-order valence-electron chi connectivity index (χ4n) is 2.70. The van der Waals surface area contributed by atoms with Gasteiger partial charge in [0.1, 0.15) is 18.2 Å². The van der Waals surface area contributed by atoms with E-state index in [1.807, 2.05) is 12.1 Å². The highest BCUT2D eigenvalue weighted by atomic mass is 127. The zero-order valence-corrected chi connectivity index (χ0v) is 19.6. The number of hydrogen-bond acceptors (Lipinski definition) is 4. The molecular weight excluding hydrogens is 613 g/mol. The molecule has 0 aliphatic rings. The molecule has 0 N–H and O–H groups in total. The van der Waals surface area contributed by atoms with Crippen LogP contribution in [-0.4, -0.2) is 4.92 Å². The van der Waals surface area contributed by atoms with Gasteiger partial charge in [-0.2, -0.15) is 5.26 Å². The summed E-state index contributed by atoms with van der Waals surface area (Å²) in [6.07, 6.45) is 1.67. The van der Waals surface area contributed by atoms with Gasteiger partial charge in [0.05, 0.1) is 23.7 Å². The smallest absolute Gasteiger partial charge is 0.270 e. The summed E-state index contributed by atoms with van der Waals surface area (Å²) in [5, 5.41) is 20.5. The molecule has 3 aromatic rings. The molecular formula is C22H13FI2N2O3. The monoisotopic (exact) mass is 626 g/mol. The van der Waals surface area contributed by atoms with Crippen molar-refractivity contribution in [3.8, 4) is 11.8 Å². The van der Waals surface area contributed by atoms with Crippen LogP contribution < -0.4 is 4.74 Å². The zero-order valence-electron chi connectivity index (χ0n) is 15.3. The minimum absolute atomic E-state index is 0.0743. The van der Waals surface area contributed by atoms with Crippen LogP contribution in [0.4, 0.5) is 10.1 Å². The molecule has 0 saturated heterocycles. The average Bonchev–Trinajstić information content (AvgIpc) is 2.72. The van der Waals surface area contributed by atoms with Crippen LogP contribution >= 0.6 is 45.2 Å². The molecule has 0 bridgehead atoms. The lowest BCUT2D eigenvalue weighted by Crippen LogP contribution is -2.01. The van der Waals surface area contributed by atoms with Gasteiger partial charge >= 0.3 is 0 Å². The van der Waals surface area contributed by atoms with Crippen molar-refractivity contribution in [2.24, 2.45) is 0 Å². The third kappa shape index (κ3) is 5.34. The molecule has 0 saturated carbocycles. The Hall–Kier alpha value is -2.52. The molecule has 0 fully saturated rings. The van der Waals surface area contributed by atoms with Crippen molar-refractivity contribution in [2.45, 2.75) is 6.61 Å². The third-order valence-corrected chi connectivity index (χ3v) is 5.75. The summed E-state index contributed by atoms with van der Waals surface area (Å²) in [4.78, 5) is 10.5. The van der Waals surface area contributed by atoms with Crippen LogP contribution in [0.1, 0.15) is 16.7 Å². The van der Waals surface area contributed by atoms with Crippen molar-refractivity contribution in [2.75, 3.05) is 0 Å². The Kier molecular flexibility index (Phi) is 7.38. The van der Waals surface area contributed by atoms with Gasteiger partial charge in [0.2, 0.25) is 0 Å². The SMILES string of the molecule is N#C/C(=C/c1cc(I)c(OCc2ccccc2F)c(I)c1)c1cccc([N+](=O)[O-])c1. The van der Waals surface area contributed by atoms with Crippen LogP contribution in [-0.2, 0) is 6.61 Å². The molecule has 0 heterocycles. The molecule has 5 nitrogen and oxygen atoms in total. The second kappa shape index (κ2) is 9.99. The first-order valence-corrected chi connectivity index (χ1v) is 10.8. The highest BCUT2D eigenvalue weighted by Gasteiger charge is 2.12. The fraction of sp³-hybridized carbons (Fsp3) is 0.0455. The first-order valence-electron chi connectivity index (χ1n) is 8.61. The predicted molar refractivity (Wildman–Crippen MR) is 129 cm³/mol. The number of non-ortho nitro benzene ring substituents is 1. The van der Waals surface area contributed by atoms with Crippen molar-refractivity contribution in [3.63, 3.8) is 0 Å². The van der Waals surface area contributed by atoms with Crippen molar-refractivity contribution in [1.82, 2.24) is 0 Å². The van der Waals surface area contributed by atoms with E-state index in [9.17, 15) is 19.8 Å².